The fourth-order valence-electron chi connectivity index (χ4n) is 5.93. The number of thioether (sulfide) groups is 1. The van der Waals surface area contributed by atoms with Crippen LogP contribution in [0.4, 0.5) is 15.9 Å². The van der Waals surface area contributed by atoms with Gasteiger partial charge in [-0.3, -0.25) is 9.59 Å². The molecule has 0 N–H and O–H groups in total. The van der Waals surface area contributed by atoms with Crippen LogP contribution in [0.25, 0.3) is 11.3 Å². The van der Waals surface area contributed by atoms with Crippen LogP contribution in [0.3, 0.4) is 0 Å². The molecule has 0 atom stereocenters. The van der Waals surface area contributed by atoms with E-state index in [2.05, 4.69) is 9.80 Å². The molecule has 3 aromatic carbocycles. The maximum Gasteiger partial charge on any atom is 0.309 e. The summed E-state index contributed by atoms with van der Waals surface area (Å²) in [4.78, 5) is 41.2. The predicted octanol–water partition coefficient (Wildman–Crippen LogP) is 6.32. The number of esters is 1. The van der Waals surface area contributed by atoms with Crippen molar-refractivity contribution in [3.8, 4) is 11.3 Å². The largest absolute Gasteiger partial charge is 0.466 e. The van der Waals surface area contributed by atoms with E-state index < -0.39 is 0 Å². The number of likely N-dealkylation sites (tertiary alicyclic amines) is 1. The number of hydrogen-bond acceptors (Lipinski definition) is 8. The van der Waals surface area contributed by atoms with E-state index >= 15 is 0 Å². The van der Waals surface area contributed by atoms with Gasteiger partial charge in [0.15, 0.2) is 5.16 Å². The van der Waals surface area contributed by atoms with E-state index in [9.17, 15) is 14.0 Å². The van der Waals surface area contributed by atoms with Crippen molar-refractivity contribution in [3.63, 3.8) is 0 Å². The number of amides is 1. The number of para-hydroxylation sites is 1. The summed E-state index contributed by atoms with van der Waals surface area (Å²) in [6.45, 7) is 6.13. The average molecular weight is 640 g/mol. The molecule has 8 nitrogen and oxygen atoms in total. The van der Waals surface area contributed by atoms with Gasteiger partial charge in [0.25, 0.3) is 5.91 Å². The lowest BCUT2D eigenvalue weighted by atomic mass is 9.96. The molecule has 238 valence electrons. The molecule has 46 heavy (non-hydrogen) atoms. The SMILES string of the molecule is CCOC(=O)C1CCN(C(=O)c2ccc(CSc3nc(-c4ccccc4)cc(N4CCN(c5ccccc5F)CC4)n3)cc2)CC1. The van der Waals surface area contributed by atoms with Crippen LogP contribution in [0.5, 0.6) is 0 Å². The summed E-state index contributed by atoms with van der Waals surface area (Å²) in [5.74, 6) is 1.01. The quantitative estimate of drug-likeness (QED) is 0.120. The molecular weight excluding hydrogens is 601 g/mol. The van der Waals surface area contributed by atoms with Crippen molar-refractivity contribution in [2.75, 3.05) is 55.7 Å². The average Bonchev–Trinajstić information content (AvgIpc) is 3.11. The normalized spacial score (nSPS) is 15.6. The summed E-state index contributed by atoms with van der Waals surface area (Å²) in [6.07, 6.45) is 1.26. The number of rotatable bonds is 9. The zero-order valence-corrected chi connectivity index (χ0v) is 26.8. The zero-order valence-electron chi connectivity index (χ0n) is 26.0. The van der Waals surface area contributed by atoms with Crippen LogP contribution in [-0.2, 0) is 15.3 Å². The number of carbonyl (C=O) groups excluding carboxylic acids is 2. The predicted molar refractivity (Wildman–Crippen MR) is 180 cm³/mol. The monoisotopic (exact) mass is 639 g/mol. The maximum atomic E-state index is 14.4. The summed E-state index contributed by atoms with van der Waals surface area (Å²) >= 11 is 1.56. The van der Waals surface area contributed by atoms with Crippen molar-refractivity contribution < 1.29 is 18.7 Å². The molecule has 0 unspecified atom stereocenters. The van der Waals surface area contributed by atoms with Gasteiger partial charge in [0.1, 0.15) is 11.6 Å². The summed E-state index contributed by atoms with van der Waals surface area (Å²) < 4.78 is 19.6. The first-order valence-electron chi connectivity index (χ1n) is 15.8. The number of ether oxygens (including phenoxy) is 1. The molecule has 10 heteroatoms. The minimum atomic E-state index is -0.198. The molecule has 6 rings (SSSR count). The maximum absolute atomic E-state index is 14.4. The molecule has 4 aromatic rings. The Labute approximate surface area is 273 Å². The van der Waals surface area contributed by atoms with Crippen LogP contribution < -0.4 is 9.80 Å². The fraction of sp³-hybridized carbons (Fsp3) is 0.333. The smallest absolute Gasteiger partial charge is 0.309 e. The summed E-state index contributed by atoms with van der Waals surface area (Å²) in [5.41, 5.74) is 4.22. The third-order valence-electron chi connectivity index (χ3n) is 8.53. The number of piperazine rings is 1. The standard InChI is InChI=1S/C36H38FN5O3S/c1-2-45-35(44)29-16-18-42(19-17-29)34(43)28-14-12-26(13-15-28)25-46-36-38-31(27-8-4-3-5-9-27)24-33(39-36)41-22-20-40(21-23-41)32-11-7-6-10-30(32)37/h3-15,24,29H,2,16-23,25H2,1H3. The minimum absolute atomic E-state index is 0.0138. The second-order valence-electron chi connectivity index (χ2n) is 11.5. The molecule has 0 radical (unpaired) electrons. The number of aromatic nitrogens is 2. The van der Waals surface area contributed by atoms with Crippen LogP contribution in [0, 0.1) is 11.7 Å². The summed E-state index contributed by atoms with van der Waals surface area (Å²) in [6, 6.07) is 26.8. The van der Waals surface area contributed by atoms with Crippen molar-refractivity contribution in [3.05, 3.63) is 102 Å². The summed E-state index contributed by atoms with van der Waals surface area (Å²) in [7, 11) is 0. The Balaban J connectivity index is 1.11. The number of hydrogen-bond donors (Lipinski definition) is 0. The molecule has 2 fully saturated rings. The molecule has 1 amide bonds. The highest BCUT2D eigenvalue weighted by Gasteiger charge is 2.28. The highest BCUT2D eigenvalue weighted by Crippen LogP contribution is 2.29. The number of piperidine rings is 1. The van der Waals surface area contributed by atoms with E-state index in [0.717, 1.165) is 35.7 Å². The highest BCUT2D eigenvalue weighted by atomic mass is 32.2. The molecule has 3 heterocycles. The Morgan fingerprint density at radius 3 is 2.22 bits per heavy atom. The van der Waals surface area contributed by atoms with Crippen molar-refractivity contribution in [2.45, 2.75) is 30.7 Å². The number of halogens is 1. The zero-order chi connectivity index (χ0) is 31.9. The second-order valence-corrected chi connectivity index (χ2v) is 12.4. The number of benzene rings is 3. The van der Waals surface area contributed by atoms with Gasteiger partial charge in [-0.05, 0) is 49.6 Å². The molecule has 2 aliphatic heterocycles. The Morgan fingerprint density at radius 1 is 0.848 bits per heavy atom. The van der Waals surface area contributed by atoms with Gasteiger partial charge in [-0.2, -0.15) is 0 Å². The fourth-order valence-corrected chi connectivity index (χ4v) is 6.74. The van der Waals surface area contributed by atoms with E-state index in [-0.39, 0.29) is 23.6 Å². The van der Waals surface area contributed by atoms with Crippen molar-refractivity contribution in [1.82, 2.24) is 14.9 Å². The lowest BCUT2D eigenvalue weighted by Gasteiger charge is -2.37. The highest BCUT2D eigenvalue weighted by molar-refractivity contribution is 7.98. The Kier molecular flexibility index (Phi) is 10.1. The van der Waals surface area contributed by atoms with Gasteiger partial charge in [0.05, 0.1) is 23.9 Å². The van der Waals surface area contributed by atoms with Crippen molar-refractivity contribution >= 4 is 35.1 Å². The van der Waals surface area contributed by atoms with Gasteiger partial charge in [-0.15, -0.1) is 0 Å². The third kappa shape index (κ3) is 7.50. The van der Waals surface area contributed by atoms with Gasteiger partial charge >= 0.3 is 5.97 Å². The Bertz CT molecular complexity index is 1640. The molecule has 0 saturated carbocycles. The number of carbonyl (C=O) groups is 2. The molecule has 1 aromatic heterocycles. The molecule has 2 saturated heterocycles. The van der Waals surface area contributed by atoms with E-state index in [0.29, 0.717) is 67.8 Å². The third-order valence-corrected chi connectivity index (χ3v) is 9.45. The lowest BCUT2D eigenvalue weighted by molar-refractivity contribution is -0.149. The molecule has 0 aliphatic carbocycles. The molecule has 0 spiro atoms. The van der Waals surface area contributed by atoms with Gasteiger partial charge in [0, 0.05) is 62.2 Å². The van der Waals surface area contributed by atoms with Gasteiger partial charge in [0.2, 0.25) is 0 Å². The van der Waals surface area contributed by atoms with E-state index in [1.54, 1.807) is 17.8 Å². The van der Waals surface area contributed by atoms with Crippen LogP contribution in [0.15, 0.2) is 90.1 Å². The topological polar surface area (TPSA) is 78.9 Å². The van der Waals surface area contributed by atoms with Crippen LogP contribution in [0.2, 0.25) is 0 Å². The first-order chi connectivity index (χ1) is 22.5. The van der Waals surface area contributed by atoms with Gasteiger partial charge in [-0.25, -0.2) is 14.4 Å². The molecule has 2 aliphatic rings. The minimum Gasteiger partial charge on any atom is -0.466 e. The first kappa shape index (κ1) is 31.5. The van der Waals surface area contributed by atoms with E-state index in [1.165, 1.54) is 6.07 Å². The number of anilines is 2. The van der Waals surface area contributed by atoms with Crippen molar-refractivity contribution in [2.24, 2.45) is 5.92 Å². The van der Waals surface area contributed by atoms with Crippen LogP contribution in [-0.4, -0.2) is 72.6 Å². The van der Waals surface area contributed by atoms with E-state index in [4.69, 9.17) is 14.7 Å². The molecule has 0 bridgehead atoms. The first-order valence-corrected chi connectivity index (χ1v) is 16.8. The van der Waals surface area contributed by atoms with Gasteiger partial charge in [-0.1, -0.05) is 66.4 Å². The molecular formula is C36H38FN5O3S. The van der Waals surface area contributed by atoms with Crippen molar-refractivity contribution in [1.29, 1.82) is 0 Å². The lowest BCUT2D eigenvalue weighted by Crippen LogP contribution is -2.47. The number of nitrogens with zero attached hydrogens (tertiary/aromatic N) is 5. The van der Waals surface area contributed by atoms with Crippen LogP contribution in [0.1, 0.15) is 35.7 Å². The Morgan fingerprint density at radius 2 is 1.52 bits per heavy atom. The summed E-state index contributed by atoms with van der Waals surface area (Å²) in [5, 5.41) is 0.678. The van der Waals surface area contributed by atoms with E-state index in [1.807, 2.05) is 84.6 Å². The Hall–Kier alpha value is -4.44. The van der Waals surface area contributed by atoms with Crippen LogP contribution >= 0.6 is 11.8 Å². The van der Waals surface area contributed by atoms with Gasteiger partial charge < -0.3 is 19.4 Å². The second kappa shape index (κ2) is 14.8.